The van der Waals surface area contributed by atoms with Gasteiger partial charge in [0, 0.05) is 12.5 Å². The largest absolute Gasteiger partial charge is 0.456 e. The topological polar surface area (TPSA) is 38.3 Å². The van der Waals surface area contributed by atoms with Crippen LogP contribution < -0.4 is 5.32 Å². The van der Waals surface area contributed by atoms with E-state index >= 15 is 0 Å². The van der Waals surface area contributed by atoms with Crippen LogP contribution in [-0.2, 0) is 9.53 Å². The van der Waals surface area contributed by atoms with Crippen LogP contribution >= 0.6 is 0 Å². The second kappa shape index (κ2) is 11.2. The van der Waals surface area contributed by atoms with Crippen molar-refractivity contribution in [2.45, 2.75) is 70.9 Å². The Morgan fingerprint density at radius 2 is 1.73 bits per heavy atom. The third kappa shape index (κ3) is 7.08. The van der Waals surface area contributed by atoms with Crippen LogP contribution in [0, 0.1) is 0 Å². The van der Waals surface area contributed by atoms with Crippen LogP contribution in [0.25, 0.3) is 0 Å². The zero-order valence-corrected chi connectivity index (χ0v) is 14.3. The van der Waals surface area contributed by atoms with Gasteiger partial charge in [-0.3, -0.25) is 4.79 Å². The highest BCUT2D eigenvalue weighted by molar-refractivity contribution is 5.69. The molecule has 0 heterocycles. The van der Waals surface area contributed by atoms with Crippen molar-refractivity contribution in [2.24, 2.45) is 0 Å². The second-order valence-corrected chi connectivity index (χ2v) is 5.92. The summed E-state index contributed by atoms with van der Waals surface area (Å²) in [6.07, 6.45) is 7.38. The number of benzene rings is 1. The maximum absolute atomic E-state index is 12.1. The van der Waals surface area contributed by atoms with E-state index in [2.05, 4.69) is 12.2 Å². The van der Waals surface area contributed by atoms with E-state index in [1.165, 1.54) is 25.7 Å². The fourth-order valence-electron chi connectivity index (χ4n) is 2.50. The summed E-state index contributed by atoms with van der Waals surface area (Å²) in [6.45, 7) is 4.25. The van der Waals surface area contributed by atoms with Crippen molar-refractivity contribution in [1.82, 2.24) is 5.32 Å². The van der Waals surface area contributed by atoms with Crippen LogP contribution in [0.3, 0.4) is 0 Å². The quantitative estimate of drug-likeness (QED) is 0.478. The lowest BCUT2D eigenvalue weighted by molar-refractivity contribution is -0.151. The normalized spacial score (nSPS) is 13.6. The molecule has 3 heteroatoms. The van der Waals surface area contributed by atoms with Crippen LogP contribution in [0.5, 0.6) is 0 Å². The molecule has 2 atom stereocenters. The molecule has 1 aromatic carbocycles. The first-order valence-electron chi connectivity index (χ1n) is 8.60. The fourth-order valence-corrected chi connectivity index (χ4v) is 2.50. The third-order valence-corrected chi connectivity index (χ3v) is 4.03. The van der Waals surface area contributed by atoms with Crippen LogP contribution in [0.2, 0.25) is 0 Å². The van der Waals surface area contributed by atoms with E-state index in [1.54, 1.807) is 0 Å². The van der Waals surface area contributed by atoms with E-state index in [0.29, 0.717) is 6.42 Å². The van der Waals surface area contributed by atoms with Gasteiger partial charge in [0.25, 0.3) is 0 Å². The molecule has 1 aromatic rings. The first-order chi connectivity index (χ1) is 10.7. The SMILES string of the molecule is CCCCCCCCC(=O)O[C@H](c1ccccc1)[C@@H](C)NC. The molecule has 0 aliphatic carbocycles. The highest BCUT2D eigenvalue weighted by Gasteiger charge is 2.21. The van der Waals surface area contributed by atoms with Crippen LogP contribution in [0.4, 0.5) is 0 Å². The molecule has 0 unspecified atom stereocenters. The summed E-state index contributed by atoms with van der Waals surface area (Å²) in [4.78, 5) is 12.1. The van der Waals surface area contributed by atoms with Crippen LogP contribution in [-0.4, -0.2) is 19.1 Å². The average molecular weight is 305 g/mol. The van der Waals surface area contributed by atoms with E-state index in [0.717, 1.165) is 18.4 Å². The van der Waals surface area contributed by atoms with Gasteiger partial charge in [0.2, 0.25) is 0 Å². The van der Waals surface area contributed by atoms with Gasteiger partial charge in [-0.2, -0.15) is 0 Å². The average Bonchev–Trinajstić information content (AvgIpc) is 2.56. The fraction of sp³-hybridized carbons (Fsp3) is 0.632. The van der Waals surface area contributed by atoms with Crippen molar-refractivity contribution >= 4 is 5.97 Å². The summed E-state index contributed by atoms with van der Waals surface area (Å²) in [5.41, 5.74) is 1.04. The zero-order chi connectivity index (χ0) is 16.2. The van der Waals surface area contributed by atoms with Crippen molar-refractivity contribution in [1.29, 1.82) is 0 Å². The minimum absolute atomic E-state index is 0.0913. The highest BCUT2D eigenvalue weighted by Crippen LogP contribution is 2.22. The molecule has 0 aliphatic rings. The van der Waals surface area contributed by atoms with Gasteiger partial charge in [0.05, 0.1) is 0 Å². The Hall–Kier alpha value is -1.35. The van der Waals surface area contributed by atoms with Crippen LogP contribution in [0.15, 0.2) is 30.3 Å². The Kier molecular flexibility index (Phi) is 9.56. The van der Waals surface area contributed by atoms with E-state index in [4.69, 9.17) is 4.74 Å². The molecule has 1 rings (SSSR count). The lowest BCUT2D eigenvalue weighted by atomic mass is 10.0. The predicted molar refractivity (Wildman–Crippen MR) is 91.8 cm³/mol. The van der Waals surface area contributed by atoms with Crippen molar-refractivity contribution in [3.8, 4) is 0 Å². The Bertz CT molecular complexity index is 405. The summed E-state index contributed by atoms with van der Waals surface area (Å²) in [6, 6.07) is 10.0. The molecule has 0 aromatic heterocycles. The summed E-state index contributed by atoms with van der Waals surface area (Å²) in [5.74, 6) is -0.0913. The number of ether oxygens (including phenoxy) is 1. The standard InChI is InChI=1S/C19H31NO2/c1-4-5-6-7-8-12-15-18(21)22-19(16(2)20-3)17-13-10-9-11-14-17/h9-11,13-14,16,19-20H,4-8,12,15H2,1-3H3/t16-,19+/m1/s1. The Morgan fingerprint density at radius 1 is 1.09 bits per heavy atom. The number of nitrogens with one attached hydrogen (secondary N) is 1. The number of hydrogen-bond donors (Lipinski definition) is 1. The van der Waals surface area contributed by atoms with E-state index in [1.807, 2.05) is 44.3 Å². The first-order valence-corrected chi connectivity index (χ1v) is 8.60. The molecule has 0 radical (unpaired) electrons. The molecule has 0 spiro atoms. The minimum atomic E-state index is -0.223. The number of unbranched alkanes of at least 4 members (excludes halogenated alkanes) is 5. The minimum Gasteiger partial charge on any atom is -0.456 e. The molecular formula is C19H31NO2. The molecule has 0 fully saturated rings. The number of hydrogen-bond acceptors (Lipinski definition) is 3. The summed E-state index contributed by atoms with van der Waals surface area (Å²) >= 11 is 0. The van der Waals surface area contributed by atoms with Gasteiger partial charge in [0.15, 0.2) is 0 Å². The summed E-state index contributed by atoms with van der Waals surface area (Å²) < 4.78 is 5.72. The number of carbonyl (C=O) groups excluding carboxylic acids is 1. The third-order valence-electron chi connectivity index (χ3n) is 4.03. The molecule has 0 saturated carbocycles. The number of rotatable bonds is 11. The molecule has 1 N–H and O–H groups in total. The molecule has 0 amide bonds. The van der Waals surface area contributed by atoms with Gasteiger partial charge < -0.3 is 10.1 Å². The van der Waals surface area contributed by atoms with E-state index in [-0.39, 0.29) is 18.1 Å². The van der Waals surface area contributed by atoms with Gasteiger partial charge in [-0.1, -0.05) is 69.4 Å². The van der Waals surface area contributed by atoms with Gasteiger partial charge in [-0.05, 0) is 26.0 Å². The van der Waals surface area contributed by atoms with Crippen molar-refractivity contribution < 1.29 is 9.53 Å². The Labute approximate surface area is 135 Å². The van der Waals surface area contributed by atoms with Gasteiger partial charge >= 0.3 is 5.97 Å². The number of esters is 1. The lowest BCUT2D eigenvalue weighted by Crippen LogP contribution is -2.32. The van der Waals surface area contributed by atoms with E-state index < -0.39 is 0 Å². The van der Waals surface area contributed by atoms with E-state index in [9.17, 15) is 4.79 Å². The van der Waals surface area contributed by atoms with Gasteiger partial charge in [-0.25, -0.2) is 0 Å². The lowest BCUT2D eigenvalue weighted by Gasteiger charge is -2.24. The number of carbonyl (C=O) groups is 1. The number of likely N-dealkylation sites (N-methyl/N-ethyl adjacent to an activating group) is 1. The van der Waals surface area contributed by atoms with Gasteiger partial charge in [-0.15, -0.1) is 0 Å². The maximum Gasteiger partial charge on any atom is 0.306 e. The first kappa shape index (κ1) is 18.7. The Balaban J connectivity index is 2.40. The molecule has 124 valence electrons. The van der Waals surface area contributed by atoms with Crippen molar-refractivity contribution in [3.63, 3.8) is 0 Å². The predicted octanol–water partition coefficient (Wildman–Crippen LogP) is 4.63. The van der Waals surface area contributed by atoms with Crippen molar-refractivity contribution in [2.75, 3.05) is 7.05 Å². The second-order valence-electron chi connectivity index (χ2n) is 5.92. The Morgan fingerprint density at radius 3 is 2.36 bits per heavy atom. The van der Waals surface area contributed by atoms with Gasteiger partial charge in [0.1, 0.15) is 6.10 Å². The summed E-state index contributed by atoms with van der Waals surface area (Å²) in [7, 11) is 1.89. The van der Waals surface area contributed by atoms with Crippen molar-refractivity contribution in [3.05, 3.63) is 35.9 Å². The van der Waals surface area contributed by atoms with Crippen LogP contribution in [0.1, 0.15) is 70.5 Å². The monoisotopic (exact) mass is 305 g/mol. The molecule has 0 saturated heterocycles. The molecule has 3 nitrogen and oxygen atoms in total. The molecule has 0 aliphatic heterocycles. The maximum atomic E-state index is 12.1. The smallest absolute Gasteiger partial charge is 0.306 e. The highest BCUT2D eigenvalue weighted by atomic mass is 16.5. The molecule has 22 heavy (non-hydrogen) atoms. The molecular weight excluding hydrogens is 274 g/mol. The summed E-state index contributed by atoms with van der Waals surface area (Å²) in [5, 5.41) is 3.18. The zero-order valence-electron chi connectivity index (χ0n) is 14.3. The molecule has 0 bridgehead atoms.